The van der Waals surface area contributed by atoms with Gasteiger partial charge in [-0.1, -0.05) is 0 Å². The van der Waals surface area contributed by atoms with Crippen LogP contribution in [0.2, 0.25) is 0 Å². The lowest BCUT2D eigenvalue weighted by Crippen LogP contribution is -2.28. The predicted molar refractivity (Wildman–Crippen MR) is 99.2 cm³/mol. The Labute approximate surface area is 154 Å². The Hall–Kier alpha value is -3.33. The fourth-order valence-corrected chi connectivity index (χ4v) is 2.45. The van der Waals surface area contributed by atoms with Gasteiger partial charge in [-0.3, -0.25) is 10.9 Å². The maximum Gasteiger partial charge on any atom is 0.231 e. The molecule has 2 N–H and O–H groups in total. The molecule has 8 nitrogen and oxygen atoms in total. The van der Waals surface area contributed by atoms with E-state index in [1.165, 1.54) is 0 Å². The maximum absolute atomic E-state index is 5.31. The Kier molecular flexibility index (Phi) is 4.52. The Morgan fingerprint density at radius 1 is 0.769 bits per heavy atom. The third kappa shape index (κ3) is 3.67. The summed E-state index contributed by atoms with van der Waals surface area (Å²) in [6.07, 6.45) is 3.25. The molecule has 2 heterocycles. The first-order valence-corrected chi connectivity index (χ1v) is 8.10. The summed E-state index contributed by atoms with van der Waals surface area (Å²) in [6, 6.07) is 11.1. The van der Waals surface area contributed by atoms with E-state index in [4.69, 9.17) is 31.2 Å². The summed E-state index contributed by atoms with van der Waals surface area (Å²) < 4.78 is 21.1. The van der Waals surface area contributed by atoms with Gasteiger partial charge in [0.2, 0.25) is 18.7 Å². The SMILES string of the molecule is S=C(NN=Cc1ccc2c(c1)OCO2)N/N=C/c1ccc2c(c1)OCO2. The van der Waals surface area contributed by atoms with Crippen LogP contribution in [0.4, 0.5) is 0 Å². The predicted octanol–water partition coefficient (Wildman–Crippen LogP) is 1.98. The molecule has 26 heavy (non-hydrogen) atoms. The van der Waals surface area contributed by atoms with Crippen LogP contribution >= 0.6 is 12.2 Å². The van der Waals surface area contributed by atoms with Crippen LogP contribution in [-0.4, -0.2) is 31.1 Å². The first kappa shape index (κ1) is 16.2. The molecular formula is C17H14N4O4S. The quantitative estimate of drug-likeness (QED) is 0.483. The largest absolute Gasteiger partial charge is 0.454 e. The van der Waals surface area contributed by atoms with Gasteiger partial charge < -0.3 is 18.9 Å². The van der Waals surface area contributed by atoms with Crippen LogP contribution in [0.25, 0.3) is 0 Å². The first-order chi connectivity index (χ1) is 12.8. The Morgan fingerprint density at radius 2 is 1.23 bits per heavy atom. The number of hydrazone groups is 2. The fraction of sp³-hybridized carbons (Fsp3) is 0.118. The van der Waals surface area contributed by atoms with E-state index in [9.17, 15) is 0 Å². The molecule has 2 aromatic rings. The van der Waals surface area contributed by atoms with E-state index in [-0.39, 0.29) is 18.7 Å². The van der Waals surface area contributed by atoms with Crippen LogP contribution in [0.5, 0.6) is 23.0 Å². The highest BCUT2D eigenvalue weighted by atomic mass is 32.1. The molecule has 0 aromatic heterocycles. The van der Waals surface area contributed by atoms with Gasteiger partial charge >= 0.3 is 0 Å². The van der Waals surface area contributed by atoms with Crippen molar-refractivity contribution in [2.45, 2.75) is 0 Å². The highest BCUT2D eigenvalue weighted by Crippen LogP contribution is 2.32. The number of thiocarbonyl (C=S) groups is 1. The third-order valence-corrected chi connectivity index (χ3v) is 3.74. The molecular weight excluding hydrogens is 356 g/mol. The lowest BCUT2D eigenvalue weighted by Gasteiger charge is -2.02. The number of ether oxygens (including phenoxy) is 4. The van der Waals surface area contributed by atoms with Crippen LogP contribution in [0, 0.1) is 0 Å². The molecule has 2 aromatic carbocycles. The molecule has 2 aliphatic heterocycles. The minimum atomic E-state index is 0.240. The Balaban J connectivity index is 1.27. The fourth-order valence-electron chi connectivity index (χ4n) is 2.34. The number of hydrogen-bond donors (Lipinski definition) is 2. The van der Waals surface area contributed by atoms with Crippen LogP contribution in [-0.2, 0) is 0 Å². The molecule has 2 aliphatic rings. The number of rotatable bonds is 4. The second-order valence-electron chi connectivity index (χ2n) is 5.29. The van der Waals surface area contributed by atoms with Gasteiger partial charge in [0.25, 0.3) is 0 Å². The smallest absolute Gasteiger partial charge is 0.231 e. The molecule has 9 heteroatoms. The topological polar surface area (TPSA) is 85.7 Å². The number of benzene rings is 2. The molecule has 0 amide bonds. The van der Waals surface area contributed by atoms with Gasteiger partial charge in [0.15, 0.2) is 23.0 Å². The molecule has 0 atom stereocenters. The second kappa shape index (κ2) is 7.28. The van der Waals surface area contributed by atoms with Crippen molar-refractivity contribution in [1.82, 2.24) is 10.9 Å². The van der Waals surface area contributed by atoms with E-state index in [2.05, 4.69) is 21.1 Å². The monoisotopic (exact) mass is 370 g/mol. The zero-order chi connectivity index (χ0) is 17.8. The van der Waals surface area contributed by atoms with Gasteiger partial charge in [0.05, 0.1) is 12.4 Å². The van der Waals surface area contributed by atoms with Crippen molar-refractivity contribution >= 4 is 29.8 Å². The molecule has 4 rings (SSSR count). The highest BCUT2D eigenvalue weighted by molar-refractivity contribution is 7.80. The van der Waals surface area contributed by atoms with Crippen LogP contribution in [0.1, 0.15) is 11.1 Å². The number of hydrogen-bond acceptors (Lipinski definition) is 7. The van der Waals surface area contributed by atoms with Crippen LogP contribution < -0.4 is 29.8 Å². The molecule has 132 valence electrons. The zero-order valence-electron chi connectivity index (χ0n) is 13.5. The molecule has 0 radical (unpaired) electrons. The molecule has 0 fully saturated rings. The molecule has 0 spiro atoms. The number of fused-ring (bicyclic) bond motifs is 2. The highest BCUT2D eigenvalue weighted by Gasteiger charge is 2.13. The van der Waals surface area contributed by atoms with E-state index in [0.717, 1.165) is 22.6 Å². The Morgan fingerprint density at radius 3 is 1.73 bits per heavy atom. The molecule has 0 bridgehead atoms. The summed E-state index contributed by atoms with van der Waals surface area (Å²) in [5.74, 6) is 2.85. The molecule has 0 unspecified atom stereocenters. The molecule has 0 saturated heterocycles. The summed E-state index contributed by atoms with van der Waals surface area (Å²) in [5, 5.41) is 8.37. The molecule has 0 aliphatic carbocycles. The van der Waals surface area contributed by atoms with Gasteiger partial charge in [0.1, 0.15) is 0 Å². The van der Waals surface area contributed by atoms with Gasteiger partial charge in [-0.05, 0) is 59.7 Å². The second-order valence-corrected chi connectivity index (χ2v) is 5.70. The van der Waals surface area contributed by atoms with Crippen molar-refractivity contribution in [3.8, 4) is 23.0 Å². The lowest BCUT2D eigenvalue weighted by atomic mass is 10.2. The van der Waals surface area contributed by atoms with Crippen molar-refractivity contribution in [1.29, 1.82) is 0 Å². The third-order valence-electron chi connectivity index (χ3n) is 3.55. The average molecular weight is 370 g/mol. The average Bonchev–Trinajstić information content (AvgIpc) is 3.29. The van der Waals surface area contributed by atoms with E-state index in [1.54, 1.807) is 12.4 Å². The van der Waals surface area contributed by atoms with Gasteiger partial charge in [-0.2, -0.15) is 10.2 Å². The minimum absolute atomic E-state index is 0.240. The zero-order valence-corrected chi connectivity index (χ0v) is 14.3. The van der Waals surface area contributed by atoms with E-state index in [0.29, 0.717) is 11.5 Å². The summed E-state index contributed by atoms with van der Waals surface area (Å²) in [5.41, 5.74) is 7.08. The van der Waals surface area contributed by atoms with Crippen molar-refractivity contribution in [3.63, 3.8) is 0 Å². The van der Waals surface area contributed by atoms with Crippen molar-refractivity contribution in [2.24, 2.45) is 10.2 Å². The van der Waals surface area contributed by atoms with Crippen molar-refractivity contribution < 1.29 is 18.9 Å². The summed E-state index contributed by atoms with van der Waals surface area (Å²) in [6.45, 7) is 0.479. The van der Waals surface area contributed by atoms with Gasteiger partial charge in [-0.15, -0.1) is 0 Å². The lowest BCUT2D eigenvalue weighted by molar-refractivity contribution is 0.173. The van der Waals surface area contributed by atoms with Crippen LogP contribution in [0.3, 0.4) is 0 Å². The van der Waals surface area contributed by atoms with Gasteiger partial charge in [0, 0.05) is 0 Å². The van der Waals surface area contributed by atoms with E-state index >= 15 is 0 Å². The maximum atomic E-state index is 5.31. The van der Waals surface area contributed by atoms with Crippen molar-refractivity contribution in [2.75, 3.05) is 13.6 Å². The van der Waals surface area contributed by atoms with E-state index < -0.39 is 0 Å². The normalized spacial score (nSPS) is 14.2. The summed E-state index contributed by atoms with van der Waals surface area (Å²) >= 11 is 5.10. The molecule has 0 saturated carbocycles. The standard InChI is InChI=1S/C17H14N4O4S/c26-17(20-18-7-11-1-3-13-15(5-11)24-9-22-13)21-19-8-12-2-4-14-16(6-12)25-10-23-14/h1-8H,9-10H2,(H2,20,21,26)/b18-7+,19-8?. The number of nitrogens with zero attached hydrogens (tertiary/aromatic N) is 2. The number of nitrogens with one attached hydrogen (secondary N) is 2. The van der Waals surface area contributed by atoms with E-state index in [1.807, 2.05) is 36.4 Å². The van der Waals surface area contributed by atoms with Crippen molar-refractivity contribution in [3.05, 3.63) is 47.5 Å². The summed E-state index contributed by atoms with van der Waals surface area (Å²) in [4.78, 5) is 0. The minimum Gasteiger partial charge on any atom is -0.454 e. The Bertz CT molecular complexity index is 829. The van der Waals surface area contributed by atoms with Gasteiger partial charge in [-0.25, -0.2) is 0 Å². The first-order valence-electron chi connectivity index (χ1n) is 7.69. The summed E-state index contributed by atoms with van der Waals surface area (Å²) in [7, 11) is 0. The van der Waals surface area contributed by atoms with Crippen LogP contribution in [0.15, 0.2) is 46.6 Å².